The molecule has 1 fully saturated rings. The molecule has 1 aliphatic heterocycles. The molecule has 9 heteroatoms. The fraction of sp³-hybridized carbons (Fsp3) is 0.385. The number of rotatable bonds is 6. The summed E-state index contributed by atoms with van der Waals surface area (Å²) in [5.41, 5.74) is 2.26. The van der Waals surface area contributed by atoms with E-state index in [2.05, 4.69) is 5.32 Å². The van der Waals surface area contributed by atoms with Crippen molar-refractivity contribution in [2.75, 3.05) is 28.2 Å². The Labute approximate surface area is 204 Å². The Morgan fingerprint density at radius 2 is 1.49 bits per heavy atom. The zero-order chi connectivity index (χ0) is 24.9. The Hall–Kier alpha value is -3.88. The minimum atomic E-state index is -1.21. The van der Waals surface area contributed by atoms with Gasteiger partial charge in [0.1, 0.15) is 13.1 Å². The van der Waals surface area contributed by atoms with Gasteiger partial charge in [-0.05, 0) is 43.5 Å². The lowest BCUT2D eigenvalue weighted by atomic mass is 10.1. The maximum atomic E-state index is 13.9. The molecule has 0 atom stereocenters. The van der Waals surface area contributed by atoms with Crippen molar-refractivity contribution >= 4 is 41.0 Å². The van der Waals surface area contributed by atoms with Gasteiger partial charge in [0, 0.05) is 11.7 Å². The molecule has 2 aliphatic rings. The summed E-state index contributed by atoms with van der Waals surface area (Å²) in [7, 11) is 0. The molecule has 35 heavy (non-hydrogen) atoms. The van der Waals surface area contributed by atoms with Crippen LogP contribution in [0.15, 0.2) is 48.5 Å². The van der Waals surface area contributed by atoms with Gasteiger partial charge in [0.2, 0.25) is 5.91 Å². The number of urea groups is 2. The molecular formula is C26H30N4O5. The molecule has 1 saturated carbocycles. The summed E-state index contributed by atoms with van der Waals surface area (Å²) in [5, 5.41) is 12.3. The van der Waals surface area contributed by atoms with E-state index in [1.165, 1.54) is 0 Å². The third-order valence-electron chi connectivity index (χ3n) is 6.53. The van der Waals surface area contributed by atoms with Crippen molar-refractivity contribution in [2.24, 2.45) is 0 Å². The summed E-state index contributed by atoms with van der Waals surface area (Å²) in [6, 6.07) is 12.5. The summed E-state index contributed by atoms with van der Waals surface area (Å²) in [6.45, 7) is 0.688. The minimum Gasteiger partial charge on any atom is -0.480 e. The number of anilines is 3. The molecule has 9 nitrogen and oxygen atoms in total. The van der Waals surface area contributed by atoms with Crippen LogP contribution in [0.5, 0.6) is 0 Å². The number of hydrogen-bond donors (Lipinski definition) is 2. The van der Waals surface area contributed by atoms with E-state index in [1.54, 1.807) is 41.3 Å². The first-order valence-corrected chi connectivity index (χ1v) is 12.0. The highest BCUT2D eigenvalue weighted by Gasteiger charge is 2.41. The van der Waals surface area contributed by atoms with Crippen LogP contribution in [0.1, 0.15) is 44.1 Å². The molecule has 2 aromatic carbocycles. The van der Waals surface area contributed by atoms with Crippen LogP contribution < -0.4 is 15.1 Å². The van der Waals surface area contributed by atoms with Crippen molar-refractivity contribution in [2.45, 2.75) is 51.5 Å². The van der Waals surface area contributed by atoms with Crippen molar-refractivity contribution in [1.82, 2.24) is 4.90 Å². The van der Waals surface area contributed by atoms with Crippen LogP contribution in [-0.2, 0) is 9.59 Å². The van der Waals surface area contributed by atoms with Gasteiger partial charge in [-0.15, -0.1) is 0 Å². The molecule has 0 saturated heterocycles. The largest absolute Gasteiger partial charge is 0.480 e. The van der Waals surface area contributed by atoms with Gasteiger partial charge in [-0.2, -0.15) is 0 Å². The van der Waals surface area contributed by atoms with E-state index in [0.717, 1.165) is 53.9 Å². The van der Waals surface area contributed by atoms with Gasteiger partial charge in [-0.3, -0.25) is 19.4 Å². The molecule has 1 heterocycles. The van der Waals surface area contributed by atoms with Gasteiger partial charge in [-0.1, -0.05) is 56.0 Å². The molecule has 0 bridgehead atoms. The molecule has 5 amide bonds. The summed E-state index contributed by atoms with van der Waals surface area (Å²) in [6.07, 6.45) is 5.61. The highest BCUT2D eigenvalue weighted by Crippen LogP contribution is 2.37. The van der Waals surface area contributed by atoms with Gasteiger partial charge in [0.15, 0.2) is 0 Å². The fourth-order valence-electron chi connectivity index (χ4n) is 4.80. The number of imide groups is 1. The first kappa shape index (κ1) is 24.3. The van der Waals surface area contributed by atoms with E-state index < -0.39 is 37.0 Å². The Balaban J connectivity index is 1.72. The second-order valence-electron chi connectivity index (χ2n) is 9.00. The van der Waals surface area contributed by atoms with Gasteiger partial charge in [0.05, 0.1) is 11.4 Å². The van der Waals surface area contributed by atoms with Crippen LogP contribution in [-0.4, -0.2) is 53.1 Å². The Kier molecular flexibility index (Phi) is 7.33. The van der Waals surface area contributed by atoms with Crippen LogP contribution >= 0.6 is 0 Å². The average molecular weight is 479 g/mol. The number of carbonyl (C=O) groups excluding carboxylic acids is 3. The smallest absolute Gasteiger partial charge is 0.333 e. The second kappa shape index (κ2) is 10.6. The molecule has 1 aliphatic carbocycles. The normalized spacial score (nSPS) is 17.0. The molecule has 0 radical (unpaired) electrons. The number of para-hydroxylation sites is 3. The molecular weight excluding hydrogens is 448 g/mol. The number of nitrogens with one attached hydrogen (secondary N) is 1. The first-order chi connectivity index (χ1) is 16.9. The lowest BCUT2D eigenvalue weighted by molar-refractivity contribution is -0.135. The number of benzene rings is 2. The first-order valence-electron chi connectivity index (χ1n) is 12.0. The quantitative estimate of drug-likeness (QED) is 0.589. The molecule has 4 rings (SSSR count). The number of carboxylic acids is 1. The zero-order valence-corrected chi connectivity index (χ0v) is 19.8. The number of hydrogen-bond acceptors (Lipinski definition) is 4. The fourth-order valence-corrected chi connectivity index (χ4v) is 4.80. The summed E-state index contributed by atoms with van der Waals surface area (Å²) < 4.78 is 0. The predicted octanol–water partition coefficient (Wildman–Crippen LogP) is 4.61. The number of aliphatic carboxylic acids is 1. The summed E-state index contributed by atoms with van der Waals surface area (Å²) in [5.74, 6) is -1.75. The van der Waals surface area contributed by atoms with Crippen LogP contribution in [0.25, 0.3) is 0 Å². The van der Waals surface area contributed by atoms with Crippen molar-refractivity contribution in [3.05, 3.63) is 54.1 Å². The van der Waals surface area contributed by atoms with E-state index in [0.29, 0.717) is 17.1 Å². The zero-order valence-electron chi connectivity index (χ0n) is 19.8. The Morgan fingerprint density at radius 3 is 2.14 bits per heavy atom. The minimum absolute atomic E-state index is 0.148. The summed E-state index contributed by atoms with van der Waals surface area (Å²) >= 11 is 0. The standard InChI is InChI=1S/C26H30N4O5/c1-18-10-6-7-13-20(18)27-23(31)16-29-25(34)28(17-24(32)33)21-14-8-9-15-22(21)30(26(29)35)19-11-4-2-3-5-12-19/h6-10,13-15,19H,2-5,11-12,16-17H2,1H3,(H,27,31)(H,32,33). The third kappa shape index (κ3) is 5.29. The van der Waals surface area contributed by atoms with Crippen molar-refractivity contribution < 1.29 is 24.3 Å². The topological polar surface area (TPSA) is 110 Å². The SMILES string of the molecule is Cc1ccccc1NC(=O)CN1C(=O)N(CC(=O)O)c2ccccc2N(C2CCCCCC2)C1=O. The molecule has 2 N–H and O–H groups in total. The van der Waals surface area contributed by atoms with E-state index in [4.69, 9.17) is 0 Å². The predicted molar refractivity (Wildman–Crippen MR) is 133 cm³/mol. The van der Waals surface area contributed by atoms with Crippen LogP contribution in [0.3, 0.4) is 0 Å². The van der Waals surface area contributed by atoms with Gasteiger partial charge in [0.25, 0.3) is 0 Å². The lowest BCUT2D eigenvalue weighted by Crippen LogP contribution is -2.54. The lowest BCUT2D eigenvalue weighted by Gasteiger charge is -2.33. The van der Waals surface area contributed by atoms with Crippen molar-refractivity contribution in [3.63, 3.8) is 0 Å². The second-order valence-corrected chi connectivity index (χ2v) is 9.00. The molecule has 2 aromatic rings. The van der Waals surface area contributed by atoms with E-state index in [-0.39, 0.29) is 6.04 Å². The van der Waals surface area contributed by atoms with E-state index in [9.17, 15) is 24.3 Å². The molecule has 184 valence electrons. The average Bonchev–Trinajstić information content (AvgIpc) is 3.15. The summed E-state index contributed by atoms with van der Waals surface area (Å²) in [4.78, 5) is 55.6. The number of nitrogens with zero attached hydrogens (tertiary/aromatic N) is 3. The monoisotopic (exact) mass is 478 g/mol. The van der Waals surface area contributed by atoms with Gasteiger partial charge in [-0.25, -0.2) is 14.5 Å². The molecule has 0 unspecified atom stereocenters. The molecule has 0 aromatic heterocycles. The third-order valence-corrected chi connectivity index (χ3v) is 6.53. The van der Waals surface area contributed by atoms with Crippen LogP contribution in [0.2, 0.25) is 0 Å². The van der Waals surface area contributed by atoms with Gasteiger partial charge < -0.3 is 10.4 Å². The Bertz CT molecular complexity index is 1130. The maximum absolute atomic E-state index is 13.9. The highest BCUT2D eigenvalue weighted by atomic mass is 16.4. The van der Waals surface area contributed by atoms with Gasteiger partial charge >= 0.3 is 18.0 Å². The number of amides is 5. The highest BCUT2D eigenvalue weighted by molar-refractivity contribution is 6.16. The number of aryl methyl sites for hydroxylation is 1. The maximum Gasteiger partial charge on any atom is 0.333 e. The van der Waals surface area contributed by atoms with E-state index >= 15 is 0 Å². The number of carbonyl (C=O) groups is 4. The number of fused-ring (bicyclic) bond motifs is 1. The number of carboxylic acid groups (broad SMARTS) is 1. The van der Waals surface area contributed by atoms with Crippen molar-refractivity contribution in [1.29, 1.82) is 0 Å². The van der Waals surface area contributed by atoms with Crippen LogP contribution in [0.4, 0.5) is 26.7 Å². The van der Waals surface area contributed by atoms with Crippen molar-refractivity contribution in [3.8, 4) is 0 Å². The van der Waals surface area contributed by atoms with Crippen LogP contribution in [0, 0.1) is 6.92 Å². The molecule has 0 spiro atoms. The Morgan fingerprint density at radius 1 is 0.857 bits per heavy atom. The van der Waals surface area contributed by atoms with E-state index in [1.807, 2.05) is 19.1 Å².